The summed E-state index contributed by atoms with van der Waals surface area (Å²) in [6.07, 6.45) is 4.25. The summed E-state index contributed by atoms with van der Waals surface area (Å²) < 4.78 is 6.09. The second-order valence-electron chi connectivity index (χ2n) is 5.29. The fourth-order valence-corrected chi connectivity index (χ4v) is 2.73. The summed E-state index contributed by atoms with van der Waals surface area (Å²) in [5.74, 6) is 0.965. The zero-order valence-corrected chi connectivity index (χ0v) is 11.3. The molecule has 1 aromatic rings. The highest BCUT2D eigenvalue weighted by atomic mass is 16.5. The van der Waals surface area contributed by atoms with Crippen molar-refractivity contribution in [2.45, 2.75) is 44.2 Å². The molecule has 0 aliphatic heterocycles. The van der Waals surface area contributed by atoms with Gasteiger partial charge in [-0.3, -0.25) is 0 Å². The molecule has 1 saturated carbocycles. The van der Waals surface area contributed by atoms with Crippen LogP contribution in [0.2, 0.25) is 0 Å². The van der Waals surface area contributed by atoms with Crippen LogP contribution in [0.3, 0.4) is 0 Å². The molecular formula is C15H23NO2. The fourth-order valence-electron chi connectivity index (χ4n) is 2.73. The molecule has 1 aliphatic carbocycles. The van der Waals surface area contributed by atoms with Crippen molar-refractivity contribution in [1.29, 1.82) is 0 Å². The highest BCUT2D eigenvalue weighted by Gasteiger charge is 2.35. The van der Waals surface area contributed by atoms with Gasteiger partial charge in [0.2, 0.25) is 0 Å². The smallest absolute Gasteiger partial charge is 0.122 e. The van der Waals surface area contributed by atoms with E-state index < -0.39 is 0 Å². The van der Waals surface area contributed by atoms with E-state index in [1.165, 1.54) is 5.56 Å². The van der Waals surface area contributed by atoms with Gasteiger partial charge < -0.3 is 15.2 Å². The topological polar surface area (TPSA) is 41.5 Å². The van der Waals surface area contributed by atoms with E-state index in [0.29, 0.717) is 0 Å². The van der Waals surface area contributed by atoms with Crippen LogP contribution < -0.4 is 10.1 Å². The number of para-hydroxylation sites is 1. The highest BCUT2D eigenvalue weighted by molar-refractivity contribution is 5.32. The molecule has 0 aromatic heterocycles. The number of hydrogen-bond donors (Lipinski definition) is 2. The van der Waals surface area contributed by atoms with Crippen LogP contribution in [0.25, 0.3) is 0 Å². The van der Waals surface area contributed by atoms with Crippen LogP contribution in [0, 0.1) is 6.92 Å². The fraction of sp³-hybridized carbons (Fsp3) is 0.600. The molecule has 0 heterocycles. The Bertz CT molecular complexity index is 388. The van der Waals surface area contributed by atoms with Crippen molar-refractivity contribution in [2.75, 3.05) is 13.7 Å². The summed E-state index contributed by atoms with van der Waals surface area (Å²) in [5, 5.41) is 12.8. The molecule has 2 atom stereocenters. The number of hydrogen-bond acceptors (Lipinski definition) is 3. The lowest BCUT2D eigenvalue weighted by Crippen LogP contribution is -2.52. The summed E-state index contributed by atoms with van der Waals surface area (Å²) >= 11 is 0. The minimum atomic E-state index is -0.161. The van der Waals surface area contributed by atoms with Crippen LogP contribution >= 0.6 is 0 Å². The van der Waals surface area contributed by atoms with E-state index in [1.54, 1.807) is 0 Å². The van der Waals surface area contributed by atoms with Gasteiger partial charge in [0.15, 0.2) is 0 Å². The van der Waals surface area contributed by atoms with Crippen molar-refractivity contribution in [3.63, 3.8) is 0 Å². The molecule has 100 valence electrons. The van der Waals surface area contributed by atoms with Crippen molar-refractivity contribution in [2.24, 2.45) is 0 Å². The molecule has 1 aliphatic rings. The predicted molar refractivity (Wildman–Crippen MR) is 72.9 cm³/mol. The van der Waals surface area contributed by atoms with Gasteiger partial charge in [0.1, 0.15) is 11.9 Å². The van der Waals surface area contributed by atoms with Gasteiger partial charge in [0.25, 0.3) is 0 Å². The van der Waals surface area contributed by atoms with Crippen molar-refractivity contribution in [3.8, 4) is 5.75 Å². The maximum absolute atomic E-state index is 9.56. The average molecular weight is 249 g/mol. The van der Waals surface area contributed by atoms with Gasteiger partial charge in [-0.2, -0.15) is 0 Å². The quantitative estimate of drug-likeness (QED) is 0.860. The Balaban J connectivity index is 2.04. The molecule has 18 heavy (non-hydrogen) atoms. The summed E-state index contributed by atoms with van der Waals surface area (Å²) in [7, 11) is 1.92. The molecule has 0 spiro atoms. The lowest BCUT2D eigenvalue weighted by atomic mass is 9.80. The van der Waals surface area contributed by atoms with Gasteiger partial charge in [-0.05, 0) is 44.9 Å². The zero-order valence-electron chi connectivity index (χ0n) is 11.3. The van der Waals surface area contributed by atoms with Crippen molar-refractivity contribution in [1.82, 2.24) is 5.32 Å². The van der Waals surface area contributed by atoms with Crippen molar-refractivity contribution in [3.05, 3.63) is 29.8 Å². The van der Waals surface area contributed by atoms with Crippen LogP contribution in [0.15, 0.2) is 24.3 Å². The van der Waals surface area contributed by atoms with Crippen molar-refractivity contribution < 1.29 is 9.84 Å². The van der Waals surface area contributed by atoms with Gasteiger partial charge in [0, 0.05) is 12.0 Å². The molecule has 2 N–H and O–H groups in total. The Labute approximate surface area is 109 Å². The Morgan fingerprint density at radius 3 is 2.89 bits per heavy atom. The molecule has 3 heteroatoms. The van der Waals surface area contributed by atoms with Gasteiger partial charge in [-0.1, -0.05) is 18.2 Å². The molecule has 0 amide bonds. The van der Waals surface area contributed by atoms with E-state index in [4.69, 9.17) is 4.74 Å². The summed E-state index contributed by atoms with van der Waals surface area (Å²) in [6, 6.07) is 8.11. The maximum atomic E-state index is 9.56. The van der Waals surface area contributed by atoms with Crippen LogP contribution in [0.5, 0.6) is 5.75 Å². The summed E-state index contributed by atoms with van der Waals surface area (Å²) in [6.45, 7) is 2.24. The first-order valence-corrected chi connectivity index (χ1v) is 6.71. The maximum Gasteiger partial charge on any atom is 0.122 e. The van der Waals surface area contributed by atoms with E-state index in [-0.39, 0.29) is 18.2 Å². The van der Waals surface area contributed by atoms with E-state index in [0.717, 1.165) is 31.4 Å². The Kier molecular flexibility index (Phi) is 4.25. The number of rotatable bonds is 4. The van der Waals surface area contributed by atoms with Crippen LogP contribution in [-0.2, 0) is 0 Å². The predicted octanol–water partition coefficient (Wildman–Crippen LogP) is 2.27. The molecule has 2 rings (SSSR count). The Morgan fingerprint density at radius 2 is 2.22 bits per heavy atom. The molecule has 2 unspecified atom stereocenters. The van der Waals surface area contributed by atoms with E-state index >= 15 is 0 Å². The Hall–Kier alpha value is -1.06. The zero-order chi connectivity index (χ0) is 13.0. The Morgan fingerprint density at radius 1 is 1.44 bits per heavy atom. The molecule has 1 fully saturated rings. The lowest BCUT2D eigenvalue weighted by Gasteiger charge is -2.39. The third-order valence-corrected chi connectivity index (χ3v) is 4.02. The number of benzene rings is 1. The molecule has 3 nitrogen and oxygen atoms in total. The van der Waals surface area contributed by atoms with Gasteiger partial charge >= 0.3 is 0 Å². The average Bonchev–Trinajstić information content (AvgIpc) is 2.41. The van der Waals surface area contributed by atoms with Gasteiger partial charge in [-0.25, -0.2) is 0 Å². The van der Waals surface area contributed by atoms with Crippen LogP contribution in [0.1, 0.15) is 31.2 Å². The first-order valence-electron chi connectivity index (χ1n) is 6.71. The molecule has 0 saturated heterocycles. The van der Waals surface area contributed by atoms with Crippen LogP contribution in [-0.4, -0.2) is 30.4 Å². The summed E-state index contributed by atoms with van der Waals surface area (Å²) in [4.78, 5) is 0. The highest BCUT2D eigenvalue weighted by Crippen LogP contribution is 2.31. The largest absolute Gasteiger partial charge is 0.490 e. The monoisotopic (exact) mass is 249 g/mol. The van der Waals surface area contributed by atoms with Crippen molar-refractivity contribution >= 4 is 0 Å². The number of likely N-dealkylation sites (N-methyl/N-ethyl adjacent to an activating group) is 1. The molecule has 1 aromatic carbocycles. The second-order valence-corrected chi connectivity index (χ2v) is 5.29. The van der Waals surface area contributed by atoms with Crippen LogP contribution in [0.4, 0.5) is 0 Å². The first kappa shape index (κ1) is 13.4. The standard InChI is InChI=1S/C15H23NO2/c1-12-6-3-4-8-14(12)18-13-7-5-9-15(10-13,11-17)16-2/h3-4,6,8,13,16-17H,5,7,9-11H2,1-2H3. The normalized spacial score (nSPS) is 28.1. The van der Waals surface area contributed by atoms with E-state index in [2.05, 4.69) is 18.3 Å². The van der Waals surface area contributed by atoms with E-state index in [1.807, 2.05) is 25.2 Å². The number of nitrogens with one attached hydrogen (secondary N) is 1. The molecule has 0 bridgehead atoms. The third-order valence-electron chi connectivity index (χ3n) is 4.02. The number of aryl methyl sites for hydroxylation is 1. The minimum absolute atomic E-state index is 0.161. The summed E-state index contributed by atoms with van der Waals surface area (Å²) in [5.41, 5.74) is 1.01. The van der Waals surface area contributed by atoms with E-state index in [9.17, 15) is 5.11 Å². The third kappa shape index (κ3) is 2.85. The minimum Gasteiger partial charge on any atom is -0.490 e. The number of aliphatic hydroxyl groups is 1. The molecular weight excluding hydrogens is 226 g/mol. The lowest BCUT2D eigenvalue weighted by molar-refractivity contribution is 0.0551. The molecule has 0 radical (unpaired) electrons. The first-order chi connectivity index (χ1) is 8.69. The SMILES string of the molecule is CNC1(CO)CCCC(Oc2ccccc2C)C1. The second kappa shape index (κ2) is 5.72. The number of aliphatic hydroxyl groups excluding tert-OH is 1. The van der Waals surface area contributed by atoms with Gasteiger partial charge in [0.05, 0.1) is 6.61 Å². The number of ether oxygens (including phenoxy) is 1. The van der Waals surface area contributed by atoms with Gasteiger partial charge in [-0.15, -0.1) is 0 Å².